The van der Waals surface area contributed by atoms with Gasteiger partial charge in [0.25, 0.3) is 0 Å². The molecule has 0 bridgehead atoms. The number of fused-ring (bicyclic) bond motifs is 1. The molecule has 0 saturated carbocycles. The molecule has 0 aliphatic rings. The summed E-state index contributed by atoms with van der Waals surface area (Å²) >= 11 is 0. The van der Waals surface area contributed by atoms with Crippen LogP contribution in [0.3, 0.4) is 0 Å². The second-order valence-electron chi connectivity index (χ2n) is 4.66. The molecule has 1 aromatic carbocycles. The van der Waals surface area contributed by atoms with Gasteiger partial charge in [0, 0.05) is 25.0 Å². The lowest BCUT2D eigenvalue weighted by molar-refractivity contribution is 0.254. The van der Waals surface area contributed by atoms with E-state index in [1.54, 1.807) is 30.0 Å². The van der Waals surface area contributed by atoms with E-state index in [0.717, 1.165) is 11.1 Å². The van der Waals surface area contributed by atoms with Gasteiger partial charge in [-0.15, -0.1) is 0 Å². The normalized spacial score (nSPS) is 10.6. The van der Waals surface area contributed by atoms with Gasteiger partial charge in [0.2, 0.25) is 0 Å². The van der Waals surface area contributed by atoms with E-state index in [1.165, 1.54) is 0 Å². The van der Waals surface area contributed by atoms with Crippen LogP contribution in [-0.4, -0.2) is 32.8 Å². The maximum absolute atomic E-state index is 11.6. The van der Waals surface area contributed by atoms with Crippen LogP contribution in [0.2, 0.25) is 0 Å². The first-order valence-electron chi connectivity index (χ1n) is 6.75. The molecule has 0 radical (unpaired) electrons. The Labute approximate surface area is 126 Å². The fourth-order valence-corrected chi connectivity index (χ4v) is 2.23. The van der Waals surface area contributed by atoms with E-state index in [4.69, 9.17) is 0 Å². The Morgan fingerprint density at radius 3 is 2.95 bits per heavy atom. The summed E-state index contributed by atoms with van der Waals surface area (Å²) in [5, 5.41) is 19.2. The first-order chi connectivity index (χ1) is 10.7. The topological polar surface area (TPSA) is 91.5 Å². The van der Waals surface area contributed by atoms with Gasteiger partial charge in [-0.2, -0.15) is 5.10 Å². The highest BCUT2D eigenvalue weighted by Gasteiger charge is 2.12. The predicted molar refractivity (Wildman–Crippen MR) is 82.4 cm³/mol. The SMILES string of the molecule is CNC(=O)Nc1cc(-c2ccccc2CO)nn2ccnc12. The van der Waals surface area contributed by atoms with Gasteiger partial charge in [0.1, 0.15) is 0 Å². The lowest BCUT2D eigenvalue weighted by atomic mass is 10.0. The largest absolute Gasteiger partial charge is 0.392 e. The second-order valence-corrected chi connectivity index (χ2v) is 4.66. The Morgan fingerprint density at radius 2 is 2.18 bits per heavy atom. The quantitative estimate of drug-likeness (QED) is 0.685. The molecule has 3 aromatic rings. The van der Waals surface area contributed by atoms with Crippen molar-refractivity contribution in [2.75, 3.05) is 12.4 Å². The highest BCUT2D eigenvalue weighted by molar-refractivity contribution is 5.93. The third-order valence-electron chi connectivity index (χ3n) is 3.30. The summed E-state index contributed by atoms with van der Waals surface area (Å²) in [7, 11) is 1.54. The van der Waals surface area contributed by atoms with Gasteiger partial charge in [0.05, 0.1) is 18.0 Å². The van der Waals surface area contributed by atoms with Crippen molar-refractivity contribution in [3.8, 4) is 11.3 Å². The molecule has 0 atom stereocenters. The number of rotatable bonds is 3. The molecular weight excluding hydrogens is 282 g/mol. The van der Waals surface area contributed by atoms with E-state index in [9.17, 15) is 9.90 Å². The van der Waals surface area contributed by atoms with Gasteiger partial charge >= 0.3 is 6.03 Å². The summed E-state index contributed by atoms with van der Waals surface area (Å²) in [6.07, 6.45) is 3.31. The van der Waals surface area contributed by atoms with E-state index in [2.05, 4.69) is 20.7 Å². The van der Waals surface area contributed by atoms with Gasteiger partial charge in [-0.25, -0.2) is 14.3 Å². The molecule has 112 valence electrons. The number of aliphatic hydroxyl groups is 1. The molecule has 2 amide bonds. The number of hydrogen-bond acceptors (Lipinski definition) is 4. The minimum absolute atomic E-state index is 0.0853. The average molecular weight is 297 g/mol. The molecule has 2 heterocycles. The Hall–Kier alpha value is -2.93. The number of nitrogens with one attached hydrogen (secondary N) is 2. The highest BCUT2D eigenvalue weighted by Crippen LogP contribution is 2.26. The number of hydrogen-bond donors (Lipinski definition) is 3. The molecule has 0 saturated heterocycles. The minimum Gasteiger partial charge on any atom is -0.392 e. The van der Waals surface area contributed by atoms with Crippen LogP contribution in [0.4, 0.5) is 10.5 Å². The molecule has 3 N–H and O–H groups in total. The first kappa shape index (κ1) is 14.0. The number of aliphatic hydroxyl groups excluding tert-OH is 1. The van der Waals surface area contributed by atoms with Crippen molar-refractivity contribution in [1.82, 2.24) is 19.9 Å². The molecule has 0 aliphatic carbocycles. The van der Waals surface area contributed by atoms with Crippen molar-refractivity contribution in [3.63, 3.8) is 0 Å². The van der Waals surface area contributed by atoms with Gasteiger partial charge in [-0.05, 0) is 11.6 Å². The zero-order chi connectivity index (χ0) is 15.5. The standard InChI is InChI=1S/C15H15N5O2/c1-16-15(22)18-13-8-12(19-20-7-6-17-14(13)20)11-5-3-2-4-10(11)9-21/h2-8,21H,9H2,1H3,(H2,16,18,22). The number of urea groups is 1. The Bertz CT molecular complexity index is 828. The van der Waals surface area contributed by atoms with Gasteiger partial charge < -0.3 is 15.7 Å². The maximum Gasteiger partial charge on any atom is 0.319 e. The molecule has 0 unspecified atom stereocenters. The lowest BCUT2D eigenvalue weighted by Gasteiger charge is -2.11. The van der Waals surface area contributed by atoms with Crippen molar-refractivity contribution in [2.24, 2.45) is 0 Å². The van der Waals surface area contributed by atoms with Gasteiger partial charge in [0.15, 0.2) is 5.65 Å². The number of aromatic nitrogens is 3. The molecular formula is C15H15N5O2. The predicted octanol–water partition coefficient (Wildman–Crippen LogP) is 1.64. The Balaban J connectivity index is 2.16. The average Bonchev–Trinajstić information content (AvgIpc) is 3.03. The monoisotopic (exact) mass is 297 g/mol. The lowest BCUT2D eigenvalue weighted by Crippen LogP contribution is -2.25. The molecule has 3 rings (SSSR count). The van der Waals surface area contributed by atoms with Crippen LogP contribution in [0.5, 0.6) is 0 Å². The number of amides is 2. The second kappa shape index (κ2) is 5.82. The van der Waals surface area contributed by atoms with Gasteiger partial charge in [-0.1, -0.05) is 24.3 Å². The van der Waals surface area contributed by atoms with Crippen molar-refractivity contribution in [1.29, 1.82) is 0 Å². The number of carbonyl (C=O) groups excluding carboxylic acids is 1. The Kier molecular flexibility index (Phi) is 3.71. The number of carbonyl (C=O) groups is 1. The van der Waals surface area contributed by atoms with E-state index >= 15 is 0 Å². The molecule has 0 fully saturated rings. The van der Waals surface area contributed by atoms with Crippen molar-refractivity contribution in [2.45, 2.75) is 6.61 Å². The summed E-state index contributed by atoms with van der Waals surface area (Å²) in [5.74, 6) is 0. The van der Waals surface area contributed by atoms with Crippen LogP contribution in [0.15, 0.2) is 42.7 Å². The van der Waals surface area contributed by atoms with E-state index in [1.807, 2.05) is 24.3 Å². The fraction of sp³-hybridized carbons (Fsp3) is 0.133. The van der Waals surface area contributed by atoms with Crippen LogP contribution in [0.25, 0.3) is 16.9 Å². The molecule has 22 heavy (non-hydrogen) atoms. The van der Waals surface area contributed by atoms with Gasteiger partial charge in [-0.3, -0.25) is 0 Å². The van der Waals surface area contributed by atoms with Crippen molar-refractivity contribution >= 4 is 17.4 Å². The van der Waals surface area contributed by atoms with Crippen LogP contribution in [0.1, 0.15) is 5.56 Å². The maximum atomic E-state index is 11.6. The smallest absolute Gasteiger partial charge is 0.319 e. The summed E-state index contributed by atoms with van der Waals surface area (Å²) in [6, 6.07) is 8.85. The van der Waals surface area contributed by atoms with E-state index in [-0.39, 0.29) is 12.6 Å². The van der Waals surface area contributed by atoms with Crippen LogP contribution in [0, 0.1) is 0 Å². The molecule has 0 spiro atoms. The zero-order valence-corrected chi connectivity index (χ0v) is 11.9. The van der Waals surface area contributed by atoms with Crippen LogP contribution in [-0.2, 0) is 6.61 Å². The van der Waals surface area contributed by atoms with Crippen LogP contribution >= 0.6 is 0 Å². The van der Waals surface area contributed by atoms with Crippen molar-refractivity contribution < 1.29 is 9.90 Å². The van der Waals surface area contributed by atoms with E-state index in [0.29, 0.717) is 17.0 Å². The summed E-state index contributed by atoms with van der Waals surface area (Å²) < 4.78 is 1.59. The molecule has 7 heteroatoms. The molecule has 0 aliphatic heterocycles. The first-order valence-corrected chi connectivity index (χ1v) is 6.75. The third kappa shape index (κ3) is 2.49. The van der Waals surface area contributed by atoms with Crippen LogP contribution < -0.4 is 10.6 Å². The zero-order valence-electron chi connectivity index (χ0n) is 11.9. The van der Waals surface area contributed by atoms with E-state index < -0.39 is 0 Å². The number of anilines is 1. The number of nitrogens with zero attached hydrogens (tertiary/aromatic N) is 3. The minimum atomic E-state index is -0.336. The van der Waals surface area contributed by atoms with Crippen molar-refractivity contribution in [3.05, 3.63) is 48.3 Å². The summed E-state index contributed by atoms with van der Waals surface area (Å²) in [6.45, 7) is -0.0853. The highest BCUT2D eigenvalue weighted by atomic mass is 16.3. The number of imidazole rings is 1. The molecule has 7 nitrogen and oxygen atoms in total. The third-order valence-corrected chi connectivity index (χ3v) is 3.30. The Morgan fingerprint density at radius 1 is 1.36 bits per heavy atom. The summed E-state index contributed by atoms with van der Waals surface area (Å²) in [4.78, 5) is 15.8. The number of benzene rings is 1. The fourth-order valence-electron chi connectivity index (χ4n) is 2.23. The molecule has 2 aromatic heterocycles. The summed E-state index contributed by atoms with van der Waals surface area (Å²) in [5.41, 5.74) is 3.30.